The first-order valence-electron chi connectivity index (χ1n) is 9.17. The van der Waals surface area contributed by atoms with Crippen LogP contribution in [0.15, 0.2) is 42.5 Å². The van der Waals surface area contributed by atoms with Gasteiger partial charge in [-0.15, -0.1) is 0 Å². The van der Waals surface area contributed by atoms with Gasteiger partial charge in [-0.2, -0.15) is 8.78 Å². The molecule has 1 saturated heterocycles. The van der Waals surface area contributed by atoms with E-state index in [2.05, 4.69) is 10.1 Å². The number of rotatable bonds is 8. The smallest absolute Gasteiger partial charge is 0.387 e. The Kier molecular flexibility index (Phi) is 7.06. The number of morpholine rings is 1. The van der Waals surface area contributed by atoms with Gasteiger partial charge in [0.25, 0.3) is 0 Å². The Labute approximate surface area is 161 Å². The lowest BCUT2D eigenvalue weighted by Gasteiger charge is -2.24. The second-order valence-corrected chi connectivity index (χ2v) is 6.66. The van der Waals surface area contributed by atoms with Crippen LogP contribution in [0.1, 0.15) is 29.2 Å². The molecule has 1 N–H and O–H groups in total. The Hall–Kier alpha value is -2.38. The molecule has 4 nitrogen and oxygen atoms in total. The maximum atomic E-state index is 14.4. The van der Waals surface area contributed by atoms with E-state index in [0.29, 0.717) is 30.7 Å². The second-order valence-electron chi connectivity index (χ2n) is 6.66. The average Bonchev–Trinajstić information content (AvgIpc) is 2.68. The number of ether oxygens (including phenoxy) is 2. The van der Waals surface area contributed by atoms with Gasteiger partial charge in [0.05, 0.1) is 12.7 Å². The summed E-state index contributed by atoms with van der Waals surface area (Å²) < 4.78 is 48.9. The molecule has 2 aromatic carbocycles. The fourth-order valence-corrected chi connectivity index (χ4v) is 3.15. The monoisotopic (exact) mass is 393 g/mol. The summed E-state index contributed by atoms with van der Waals surface area (Å²) in [4.78, 5) is 12.2. The summed E-state index contributed by atoms with van der Waals surface area (Å²) in [6.45, 7) is -0.900. The molecular formula is C21H22F3NO3. The molecule has 0 bridgehead atoms. The molecule has 1 aliphatic rings. The van der Waals surface area contributed by atoms with Crippen molar-refractivity contribution in [2.45, 2.75) is 32.0 Å². The molecule has 7 heteroatoms. The normalized spacial score (nSPS) is 16.9. The minimum absolute atomic E-state index is 0.0108. The van der Waals surface area contributed by atoms with Crippen molar-refractivity contribution in [1.82, 2.24) is 5.32 Å². The number of Topliss-reactive ketones (excluding diaryl/α,β-unsaturated/α-hetero) is 1. The molecule has 1 atom stereocenters. The molecule has 1 aliphatic heterocycles. The van der Waals surface area contributed by atoms with E-state index in [4.69, 9.17) is 4.74 Å². The molecule has 28 heavy (non-hydrogen) atoms. The number of alkyl halides is 2. The van der Waals surface area contributed by atoms with Crippen molar-refractivity contribution in [2.24, 2.45) is 0 Å². The Morgan fingerprint density at radius 1 is 1.25 bits per heavy atom. The maximum absolute atomic E-state index is 14.4. The van der Waals surface area contributed by atoms with Crippen LogP contribution < -0.4 is 10.1 Å². The van der Waals surface area contributed by atoms with Gasteiger partial charge in [0.2, 0.25) is 0 Å². The summed E-state index contributed by atoms with van der Waals surface area (Å²) >= 11 is 0. The lowest BCUT2D eigenvalue weighted by molar-refractivity contribution is -0.118. The summed E-state index contributed by atoms with van der Waals surface area (Å²) in [5.41, 5.74) is 1.80. The summed E-state index contributed by atoms with van der Waals surface area (Å²) in [6, 6.07) is 11.1. The first kappa shape index (κ1) is 20.4. The van der Waals surface area contributed by atoms with Crippen LogP contribution in [0.2, 0.25) is 0 Å². The number of halogens is 3. The number of carbonyl (C=O) groups is 1. The van der Waals surface area contributed by atoms with E-state index in [9.17, 15) is 18.0 Å². The third kappa shape index (κ3) is 5.81. The van der Waals surface area contributed by atoms with Gasteiger partial charge in [0.15, 0.2) is 0 Å². The SMILES string of the molecule is O=C(CCc1cccc(OC(F)F)c1)Cc1ccc([C@@H]2CNCCO2)cc1F. The molecule has 0 amide bonds. The first-order chi connectivity index (χ1) is 13.5. The number of aryl methyl sites for hydroxylation is 1. The number of benzene rings is 2. The van der Waals surface area contributed by atoms with Gasteiger partial charge < -0.3 is 14.8 Å². The van der Waals surface area contributed by atoms with Crippen molar-refractivity contribution < 1.29 is 27.4 Å². The number of ketones is 1. The van der Waals surface area contributed by atoms with Crippen LogP contribution in [-0.2, 0) is 22.4 Å². The van der Waals surface area contributed by atoms with Crippen LogP contribution in [0.4, 0.5) is 13.2 Å². The first-order valence-corrected chi connectivity index (χ1v) is 9.17. The quantitative estimate of drug-likeness (QED) is 0.741. The maximum Gasteiger partial charge on any atom is 0.387 e. The molecule has 0 aromatic heterocycles. The summed E-state index contributed by atoms with van der Waals surface area (Å²) in [5.74, 6) is -0.490. The van der Waals surface area contributed by atoms with Crippen LogP contribution >= 0.6 is 0 Å². The van der Waals surface area contributed by atoms with Crippen molar-refractivity contribution in [1.29, 1.82) is 0 Å². The topological polar surface area (TPSA) is 47.6 Å². The van der Waals surface area contributed by atoms with Gasteiger partial charge in [-0.05, 0) is 41.3 Å². The van der Waals surface area contributed by atoms with Crippen LogP contribution in [0.25, 0.3) is 0 Å². The molecular weight excluding hydrogens is 371 g/mol. The predicted octanol–water partition coefficient (Wildman–Crippen LogP) is 3.83. The molecule has 0 aliphatic carbocycles. The predicted molar refractivity (Wildman–Crippen MR) is 98.1 cm³/mol. The van der Waals surface area contributed by atoms with Crippen molar-refractivity contribution in [3.63, 3.8) is 0 Å². The van der Waals surface area contributed by atoms with E-state index in [1.54, 1.807) is 24.3 Å². The van der Waals surface area contributed by atoms with E-state index in [0.717, 1.165) is 12.1 Å². The molecule has 150 valence electrons. The Bertz CT molecular complexity index is 807. The summed E-state index contributed by atoms with van der Waals surface area (Å²) in [6.07, 6.45) is 0.370. The Balaban J connectivity index is 1.54. The summed E-state index contributed by atoms with van der Waals surface area (Å²) in [7, 11) is 0. The highest BCUT2D eigenvalue weighted by atomic mass is 19.3. The van der Waals surface area contributed by atoms with Crippen molar-refractivity contribution in [3.8, 4) is 5.75 Å². The van der Waals surface area contributed by atoms with Gasteiger partial charge >= 0.3 is 6.61 Å². The van der Waals surface area contributed by atoms with Gasteiger partial charge in [-0.3, -0.25) is 4.79 Å². The van der Waals surface area contributed by atoms with Crippen LogP contribution in [-0.4, -0.2) is 32.1 Å². The lowest BCUT2D eigenvalue weighted by Crippen LogP contribution is -2.33. The van der Waals surface area contributed by atoms with E-state index < -0.39 is 12.4 Å². The lowest BCUT2D eigenvalue weighted by atomic mass is 9.99. The van der Waals surface area contributed by atoms with Crippen molar-refractivity contribution in [2.75, 3.05) is 19.7 Å². The second kappa shape index (κ2) is 9.71. The average molecular weight is 393 g/mol. The van der Waals surface area contributed by atoms with E-state index in [-0.39, 0.29) is 30.5 Å². The minimum Gasteiger partial charge on any atom is -0.435 e. The molecule has 2 aromatic rings. The van der Waals surface area contributed by atoms with E-state index in [1.807, 2.05) is 0 Å². The molecule has 3 rings (SSSR count). The third-order valence-electron chi connectivity index (χ3n) is 4.58. The molecule has 1 fully saturated rings. The Morgan fingerprint density at radius 3 is 2.82 bits per heavy atom. The molecule has 0 spiro atoms. The van der Waals surface area contributed by atoms with Gasteiger partial charge in [-0.1, -0.05) is 24.3 Å². The van der Waals surface area contributed by atoms with Gasteiger partial charge in [-0.25, -0.2) is 4.39 Å². The fourth-order valence-electron chi connectivity index (χ4n) is 3.15. The Morgan fingerprint density at radius 2 is 2.11 bits per heavy atom. The number of hydrogen-bond donors (Lipinski definition) is 1. The van der Waals surface area contributed by atoms with Crippen LogP contribution in [0.3, 0.4) is 0 Å². The standard InChI is InChI=1S/C21H22F3NO3/c22-19-12-16(20-13-25-8-9-27-20)6-5-15(19)11-17(26)7-4-14-2-1-3-18(10-14)28-21(23)24/h1-3,5-6,10,12,20-21,25H,4,7-9,11,13H2/t20-/m0/s1. The molecule has 0 unspecified atom stereocenters. The summed E-state index contributed by atoms with van der Waals surface area (Å²) in [5, 5.41) is 3.19. The van der Waals surface area contributed by atoms with Crippen molar-refractivity contribution >= 4 is 5.78 Å². The zero-order valence-electron chi connectivity index (χ0n) is 15.3. The highest BCUT2D eigenvalue weighted by Crippen LogP contribution is 2.22. The van der Waals surface area contributed by atoms with Gasteiger partial charge in [0, 0.05) is 25.9 Å². The molecule has 0 radical (unpaired) electrons. The van der Waals surface area contributed by atoms with E-state index in [1.165, 1.54) is 18.2 Å². The highest BCUT2D eigenvalue weighted by molar-refractivity contribution is 5.81. The number of nitrogens with one attached hydrogen (secondary N) is 1. The molecule has 1 heterocycles. The molecule has 0 saturated carbocycles. The zero-order valence-corrected chi connectivity index (χ0v) is 15.3. The highest BCUT2D eigenvalue weighted by Gasteiger charge is 2.18. The van der Waals surface area contributed by atoms with Crippen LogP contribution in [0, 0.1) is 5.82 Å². The van der Waals surface area contributed by atoms with Crippen molar-refractivity contribution in [3.05, 3.63) is 65.0 Å². The number of hydrogen-bond acceptors (Lipinski definition) is 4. The van der Waals surface area contributed by atoms with Gasteiger partial charge in [0.1, 0.15) is 17.3 Å². The van der Waals surface area contributed by atoms with Crippen LogP contribution in [0.5, 0.6) is 5.75 Å². The number of carbonyl (C=O) groups excluding carboxylic acids is 1. The zero-order chi connectivity index (χ0) is 19.9. The fraction of sp³-hybridized carbons (Fsp3) is 0.381. The minimum atomic E-state index is -2.89. The largest absolute Gasteiger partial charge is 0.435 e. The van der Waals surface area contributed by atoms with E-state index >= 15 is 0 Å². The third-order valence-corrected chi connectivity index (χ3v) is 4.58.